The summed E-state index contributed by atoms with van der Waals surface area (Å²) in [6, 6.07) is 9.43. The highest BCUT2D eigenvalue weighted by molar-refractivity contribution is 8.18. The highest BCUT2D eigenvalue weighted by atomic mass is 32.2. The van der Waals surface area contributed by atoms with Crippen molar-refractivity contribution >= 4 is 40.9 Å². The van der Waals surface area contributed by atoms with E-state index in [1.807, 2.05) is 30.3 Å². The van der Waals surface area contributed by atoms with E-state index in [4.69, 9.17) is 5.11 Å². The summed E-state index contributed by atoms with van der Waals surface area (Å²) in [5, 5.41) is 10.0. The van der Waals surface area contributed by atoms with Crippen molar-refractivity contribution in [3.8, 4) is 0 Å². The number of hydrogen-bond acceptors (Lipinski definition) is 5. The van der Waals surface area contributed by atoms with Crippen LogP contribution in [0.2, 0.25) is 0 Å². The second kappa shape index (κ2) is 8.11. The lowest BCUT2D eigenvalue weighted by molar-refractivity contribution is -0.138. The zero-order valence-electron chi connectivity index (χ0n) is 12.5. The molecule has 0 saturated carbocycles. The Morgan fingerprint density at radius 1 is 1.21 bits per heavy atom. The molecule has 124 valence electrons. The predicted molar refractivity (Wildman–Crippen MR) is 88.9 cm³/mol. The Morgan fingerprint density at radius 2 is 1.92 bits per heavy atom. The van der Waals surface area contributed by atoms with E-state index in [0.717, 1.165) is 22.2 Å². The van der Waals surface area contributed by atoms with Gasteiger partial charge in [0.25, 0.3) is 11.1 Å². The molecule has 8 heteroatoms. The second-order valence-electron chi connectivity index (χ2n) is 4.73. The number of carboxylic acid groups (broad SMARTS) is 1. The Morgan fingerprint density at radius 3 is 2.58 bits per heavy atom. The topological polar surface area (TPSA) is 104 Å². The average Bonchev–Trinajstić information content (AvgIpc) is 2.82. The summed E-state index contributed by atoms with van der Waals surface area (Å²) >= 11 is 0.734. The molecule has 0 radical (unpaired) electrons. The largest absolute Gasteiger partial charge is 0.480 e. The van der Waals surface area contributed by atoms with Crippen LogP contribution in [0.25, 0.3) is 6.08 Å². The summed E-state index contributed by atoms with van der Waals surface area (Å²) in [6.07, 6.45) is 4.94. The summed E-state index contributed by atoms with van der Waals surface area (Å²) in [5.41, 5.74) is 0.945. The van der Waals surface area contributed by atoms with E-state index in [1.165, 1.54) is 6.08 Å². The first kappa shape index (κ1) is 17.5. The number of aliphatic carboxylic acids is 1. The van der Waals surface area contributed by atoms with Crippen molar-refractivity contribution in [2.45, 2.75) is 0 Å². The van der Waals surface area contributed by atoms with Crippen molar-refractivity contribution in [1.29, 1.82) is 0 Å². The van der Waals surface area contributed by atoms with E-state index >= 15 is 0 Å². The van der Waals surface area contributed by atoms with Crippen LogP contribution in [0.5, 0.6) is 0 Å². The Balaban J connectivity index is 1.98. The molecule has 7 nitrogen and oxygen atoms in total. The van der Waals surface area contributed by atoms with Crippen LogP contribution in [-0.4, -0.2) is 46.1 Å². The number of nitrogens with one attached hydrogen (secondary N) is 1. The van der Waals surface area contributed by atoms with Crippen LogP contribution in [0.3, 0.4) is 0 Å². The third kappa shape index (κ3) is 4.82. The number of allylic oxidation sites excluding steroid dienone is 2. The summed E-state index contributed by atoms with van der Waals surface area (Å²) in [7, 11) is 0. The van der Waals surface area contributed by atoms with Gasteiger partial charge in [-0.1, -0.05) is 42.5 Å². The molecule has 0 aromatic heterocycles. The Bertz CT molecular complexity index is 727. The van der Waals surface area contributed by atoms with Gasteiger partial charge in [-0.15, -0.1) is 0 Å². The van der Waals surface area contributed by atoms with Gasteiger partial charge in [0.15, 0.2) is 0 Å². The molecule has 0 atom stereocenters. The molecule has 0 aliphatic carbocycles. The predicted octanol–water partition coefficient (Wildman–Crippen LogP) is 1.48. The van der Waals surface area contributed by atoms with Crippen LogP contribution in [0.1, 0.15) is 5.56 Å². The number of hydrogen-bond donors (Lipinski definition) is 2. The maximum Gasteiger partial charge on any atom is 0.322 e. The van der Waals surface area contributed by atoms with Crippen LogP contribution in [0.15, 0.2) is 47.4 Å². The number of thioether (sulfide) groups is 1. The van der Waals surface area contributed by atoms with E-state index < -0.39 is 36.1 Å². The first-order valence-corrected chi connectivity index (χ1v) is 7.74. The minimum Gasteiger partial charge on any atom is -0.480 e. The molecular formula is C16H14N2O5S. The average molecular weight is 346 g/mol. The monoisotopic (exact) mass is 346 g/mol. The lowest BCUT2D eigenvalue weighted by Gasteiger charge is -2.11. The molecule has 1 heterocycles. The number of amides is 3. The maximum atomic E-state index is 12.1. The molecule has 0 unspecified atom stereocenters. The second-order valence-corrected chi connectivity index (χ2v) is 5.72. The van der Waals surface area contributed by atoms with E-state index in [-0.39, 0.29) is 4.91 Å². The molecule has 0 bridgehead atoms. The van der Waals surface area contributed by atoms with Crippen molar-refractivity contribution < 1.29 is 24.3 Å². The van der Waals surface area contributed by atoms with Gasteiger partial charge in [0.1, 0.15) is 13.1 Å². The van der Waals surface area contributed by atoms with Crippen LogP contribution in [0, 0.1) is 0 Å². The van der Waals surface area contributed by atoms with Crippen LogP contribution >= 0.6 is 11.8 Å². The molecule has 2 N–H and O–H groups in total. The van der Waals surface area contributed by atoms with E-state index in [0.29, 0.717) is 0 Å². The number of carboxylic acids is 1. The Labute approximate surface area is 142 Å². The van der Waals surface area contributed by atoms with Crippen molar-refractivity contribution in [3.63, 3.8) is 0 Å². The fourth-order valence-corrected chi connectivity index (χ4v) is 2.62. The number of nitrogens with zero attached hydrogens (tertiary/aromatic N) is 1. The number of rotatable bonds is 6. The highest BCUT2D eigenvalue weighted by Gasteiger charge is 2.35. The molecule has 1 aliphatic heterocycles. The molecule has 3 amide bonds. The molecule has 1 aliphatic rings. The summed E-state index contributed by atoms with van der Waals surface area (Å²) < 4.78 is 0. The molecule has 24 heavy (non-hydrogen) atoms. The highest BCUT2D eigenvalue weighted by Crippen LogP contribution is 2.30. The molecule has 1 saturated heterocycles. The third-order valence-electron chi connectivity index (χ3n) is 2.95. The van der Waals surface area contributed by atoms with Crippen molar-refractivity contribution in [2.75, 3.05) is 13.1 Å². The fourth-order valence-electron chi connectivity index (χ4n) is 1.83. The number of benzene rings is 1. The van der Waals surface area contributed by atoms with Crippen LogP contribution < -0.4 is 5.32 Å². The van der Waals surface area contributed by atoms with Gasteiger partial charge >= 0.3 is 5.97 Å². The normalized spacial score (nSPS) is 16.2. The van der Waals surface area contributed by atoms with Crippen molar-refractivity contribution in [3.05, 3.63) is 53.0 Å². The molecule has 1 aromatic carbocycles. The fraction of sp³-hybridized carbons (Fsp3) is 0.125. The number of carbonyl (C=O) groups excluding carboxylic acids is 3. The van der Waals surface area contributed by atoms with Gasteiger partial charge < -0.3 is 10.4 Å². The number of carbonyl (C=O) groups is 4. The lowest BCUT2D eigenvalue weighted by atomic mass is 10.2. The molecule has 2 rings (SSSR count). The molecule has 1 fully saturated rings. The van der Waals surface area contributed by atoms with Crippen molar-refractivity contribution in [1.82, 2.24) is 10.2 Å². The van der Waals surface area contributed by atoms with Gasteiger partial charge in [0.05, 0.1) is 4.91 Å². The summed E-state index contributed by atoms with van der Waals surface area (Å²) in [6.45, 7) is -1.07. The molecular weight excluding hydrogens is 332 g/mol. The summed E-state index contributed by atoms with van der Waals surface area (Å²) in [5.74, 6) is -2.49. The zero-order valence-corrected chi connectivity index (χ0v) is 13.3. The van der Waals surface area contributed by atoms with Gasteiger partial charge in [0, 0.05) is 0 Å². The number of imide groups is 1. The Hall–Kier alpha value is -2.87. The maximum absolute atomic E-state index is 12.1. The minimum atomic E-state index is -1.21. The minimum absolute atomic E-state index is 0.207. The zero-order chi connectivity index (χ0) is 17.5. The van der Waals surface area contributed by atoms with Gasteiger partial charge in [-0.3, -0.25) is 24.1 Å². The first-order valence-electron chi connectivity index (χ1n) is 6.93. The van der Waals surface area contributed by atoms with E-state index in [9.17, 15) is 19.2 Å². The molecule has 0 spiro atoms. The lowest BCUT2D eigenvalue weighted by Crippen LogP contribution is -2.41. The van der Waals surface area contributed by atoms with Crippen molar-refractivity contribution in [2.24, 2.45) is 0 Å². The van der Waals surface area contributed by atoms with Gasteiger partial charge in [-0.25, -0.2) is 0 Å². The quantitative estimate of drug-likeness (QED) is 0.756. The van der Waals surface area contributed by atoms with E-state index in [1.54, 1.807) is 12.2 Å². The van der Waals surface area contributed by atoms with Crippen LogP contribution in [0.4, 0.5) is 4.79 Å². The van der Waals surface area contributed by atoms with Gasteiger partial charge in [-0.05, 0) is 23.4 Å². The Kier molecular flexibility index (Phi) is 5.91. The van der Waals surface area contributed by atoms with Gasteiger partial charge in [-0.2, -0.15) is 0 Å². The SMILES string of the molecule is O=C(O)CNC(=O)CN1C(=O)S/C(=C/C=C/c2ccccc2)C1=O. The smallest absolute Gasteiger partial charge is 0.322 e. The molecule has 1 aromatic rings. The van der Waals surface area contributed by atoms with Crippen LogP contribution in [-0.2, 0) is 14.4 Å². The standard InChI is InChI=1S/C16H14N2O5S/c19-13(17-9-14(20)21)10-18-15(22)12(24-16(18)23)8-4-7-11-5-2-1-3-6-11/h1-8H,9-10H2,(H,17,19)(H,20,21)/b7-4+,12-8+. The van der Waals surface area contributed by atoms with E-state index in [2.05, 4.69) is 5.32 Å². The first-order chi connectivity index (χ1) is 11.5. The third-order valence-corrected chi connectivity index (χ3v) is 3.87. The van der Waals surface area contributed by atoms with Gasteiger partial charge in [0.2, 0.25) is 5.91 Å². The summed E-state index contributed by atoms with van der Waals surface area (Å²) in [4.78, 5) is 46.8.